The van der Waals surface area contributed by atoms with Crippen molar-refractivity contribution in [1.82, 2.24) is 14.5 Å². The number of hydrogen-bond acceptors (Lipinski definition) is 5. The molecule has 0 saturated carbocycles. The Kier molecular flexibility index (Phi) is 4.57. The van der Waals surface area contributed by atoms with Crippen LogP contribution in [0.1, 0.15) is 23.2 Å². The van der Waals surface area contributed by atoms with Gasteiger partial charge in [0.2, 0.25) is 0 Å². The van der Waals surface area contributed by atoms with E-state index in [-0.39, 0.29) is 11.6 Å². The fourth-order valence-corrected chi connectivity index (χ4v) is 2.98. The molecule has 0 radical (unpaired) electrons. The molecule has 2 aromatic rings. The molecule has 0 bridgehead atoms. The largest absolute Gasteiger partial charge is 0.339 e. The van der Waals surface area contributed by atoms with Gasteiger partial charge in [0.1, 0.15) is 5.69 Å². The van der Waals surface area contributed by atoms with E-state index in [2.05, 4.69) is 4.98 Å². The predicted octanol–water partition coefficient (Wildman–Crippen LogP) is 1.59. The number of carbonyl (C=O) groups is 1. The van der Waals surface area contributed by atoms with Crippen LogP contribution >= 0.6 is 0 Å². The van der Waals surface area contributed by atoms with Crippen molar-refractivity contribution in [2.75, 3.05) is 19.6 Å². The minimum atomic E-state index is -0.479. The zero-order valence-electron chi connectivity index (χ0n) is 13.2. The maximum absolute atomic E-state index is 12.6. The molecule has 0 atom stereocenters. The van der Waals surface area contributed by atoms with E-state index in [4.69, 9.17) is 5.73 Å². The first kappa shape index (κ1) is 16.1. The summed E-state index contributed by atoms with van der Waals surface area (Å²) in [6, 6.07) is 4.55. The third-order valence-electron chi connectivity index (χ3n) is 4.44. The minimum Gasteiger partial charge on any atom is -0.339 e. The van der Waals surface area contributed by atoms with E-state index >= 15 is 0 Å². The highest BCUT2D eigenvalue weighted by Crippen LogP contribution is 2.26. The number of imidazole rings is 1. The molecule has 1 aliphatic rings. The van der Waals surface area contributed by atoms with Gasteiger partial charge >= 0.3 is 0 Å². The Morgan fingerprint density at radius 2 is 2.12 bits per heavy atom. The quantitative estimate of drug-likeness (QED) is 0.677. The van der Waals surface area contributed by atoms with E-state index in [9.17, 15) is 14.9 Å². The number of rotatable bonds is 4. The monoisotopic (exact) mass is 329 g/mol. The lowest BCUT2D eigenvalue weighted by Gasteiger charge is -2.31. The van der Waals surface area contributed by atoms with Crippen molar-refractivity contribution in [2.45, 2.75) is 12.8 Å². The lowest BCUT2D eigenvalue weighted by molar-refractivity contribution is -0.384. The highest BCUT2D eigenvalue weighted by molar-refractivity contribution is 5.95. The Morgan fingerprint density at radius 3 is 2.71 bits per heavy atom. The molecule has 3 rings (SSSR count). The van der Waals surface area contributed by atoms with Crippen LogP contribution in [-0.2, 0) is 0 Å². The Labute approximate surface area is 139 Å². The van der Waals surface area contributed by atoms with Crippen molar-refractivity contribution < 1.29 is 9.72 Å². The van der Waals surface area contributed by atoms with Gasteiger partial charge in [0.15, 0.2) is 0 Å². The lowest BCUT2D eigenvalue weighted by atomic mass is 9.96. The summed E-state index contributed by atoms with van der Waals surface area (Å²) in [4.78, 5) is 29.2. The number of amides is 1. The number of benzene rings is 1. The Morgan fingerprint density at radius 1 is 1.38 bits per heavy atom. The SMILES string of the molecule is NCC1CCN(C(=O)c2ccc(-n3ccnc3)c([N+](=O)[O-])c2)CC1. The van der Waals surface area contributed by atoms with Gasteiger partial charge in [-0.2, -0.15) is 0 Å². The molecular formula is C16H19N5O3. The number of aromatic nitrogens is 2. The smallest absolute Gasteiger partial charge is 0.294 e. The highest BCUT2D eigenvalue weighted by atomic mass is 16.6. The van der Waals surface area contributed by atoms with Gasteiger partial charge in [-0.15, -0.1) is 0 Å². The van der Waals surface area contributed by atoms with Crippen LogP contribution < -0.4 is 5.73 Å². The van der Waals surface area contributed by atoms with Crippen LogP contribution in [0.4, 0.5) is 5.69 Å². The first-order valence-electron chi connectivity index (χ1n) is 7.86. The molecule has 1 aliphatic heterocycles. The van der Waals surface area contributed by atoms with Gasteiger partial charge in [0.05, 0.1) is 11.3 Å². The summed E-state index contributed by atoms with van der Waals surface area (Å²) in [5.41, 5.74) is 6.27. The summed E-state index contributed by atoms with van der Waals surface area (Å²) in [6.45, 7) is 1.91. The van der Waals surface area contributed by atoms with E-state index in [0.717, 1.165) is 12.8 Å². The van der Waals surface area contributed by atoms with Gasteiger partial charge in [-0.25, -0.2) is 4.98 Å². The Hall–Kier alpha value is -2.74. The van der Waals surface area contributed by atoms with Crippen LogP contribution in [-0.4, -0.2) is 44.9 Å². The van der Waals surface area contributed by atoms with E-state index in [0.29, 0.717) is 36.8 Å². The van der Waals surface area contributed by atoms with Gasteiger partial charge in [0.25, 0.3) is 11.6 Å². The average Bonchev–Trinajstić information content (AvgIpc) is 3.15. The van der Waals surface area contributed by atoms with Crippen LogP contribution in [0.2, 0.25) is 0 Å². The van der Waals surface area contributed by atoms with E-state index in [1.807, 2.05) is 0 Å². The van der Waals surface area contributed by atoms with Crippen molar-refractivity contribution in [1.29, 1.82) is 0 Å². The third kappa shape index (κ3) is 3.13. The lowest BCUT2D eigenvalue weighted by Crippen LogP contribution is -2.40. The zero-order valence-corrected chi connectivity index (χ0v) is 13.2. The molecule has 0 unspecified atom stereocenters. The summed E-state index contributed by atoms with van der Waals surface area (Å²) in [7, 11) is 0. The summed E-state index contributed by atoms with van der Waals surface area (Å²) in [5.74, 6) is 0.276. The van der Waals surface area contributed by atoms with E-state index in [1.165, 1.54) is 12.4 Å². The van der Waals surface area contributed by atoms with Crippen LogP contribution in [0.15, 0.2) is 36.9 Å². The molecule has 8 nitrogen and oxygen atoms in total. The second-order valence-electron chi connectivity index (χ2n) is 5.90. The van der Waals surface area contributed by atoms with Crippen LogP contribution in [0, 0.1) is 16.0 Å². The minimum absolute atomic E-state index is 0.115. The number of nitro benzene ring substituents is 1. The second-order valence-corrected chi connectivity index (χ2v) is 5.90. The van der Waals surface area contributed by atoms with Crippen LogP contribution in [0.25, 0.3) is 5.69 Å². The number of likely N-dealkylation sites (tertiary alicyclic amines) is 1. The van der Waals surface area contributed by atoms with Gasteiger partial charge in [-0.1, -0.05) is 0 Å². The number of nitrogens with two attached hydrogens (primary N) is 1. The van der Waals surface area contributed by atoms with Gasteiger partial charge in [-0.05, 0) is 37.4 Å². The number of hydrogen-bond donors (Lipinski definition) is 1. The van der Waals surface area contributed by atoms with Gasteiger partial charge in [-0.3, -0.25) is 14.9 Å². The fraction of sp³-hybridized carbons (Fsp3) is 0.375. The van der Waals surface area contributed by atoms with Gasteiger partial charge in [0, 0.05) is 37.1 Å². The topological polar surface area (TPSA) is 107 Å². The Bertz CT molecular complexity index is 736. The van der Waals surface area contributed by atoms with Crippen molar-refractivity contribution in [3.63, 3.8) is 0 Å². The normalized spacial score (nSPS) is 15.5. The van der Waals surface area contributed by atoms with E-state index in [1.54, 1.807) is 34.0 Å². The van der Waals surface area contributed by atoms with E-state index < -0.39 is 4.92 Å². The first-order chi connectivity index (χ1) is 11.6. The van der Waals surface area contributed by atoms with Crippen molar-refractivity contribution in [3.8, 4) is 5.69 Å². The second kappa shape index (κ2) is 6.79. The molecule has 1 fully saturated rings. The fourth-order valence-electron chi connectivity index (χ4n) is 2.98. The van der Waals surface area contributed by atoms with Gasteiger partial charge < -0.3 is 15.2 Å². The van der Waals surface area contributed by atoms with Crippen molar-refractivity contribution in [3.05, 3.63) is 52.6 Å². The van der Waals surface area contributed by atoms with Crippen molar-refractivity contribution in [2.24, 2.45) is 11.7 Å². The maximum Gasteiger partial charge on any atom is 0.294 e. The summed E-state index contributed by atoms with van der Waals surface area (Å²) >= 11 is 0. The number of piperidine rings is 1. The average molecular weight is 329 g/mol. The molecule has 1 aromatic carbocycles. The molecule has 0 spiro atoms. The standard InChI is InChI=1S/C16H19N5O3/c17-10-12-3-6-19(7-4-12)16(22)13-1-2-14(15(9-13)21(23)24)20-8-5-18-11-20/h1-2,5,8-9,11-12H,3-4,6-7,10,17H2. The number of carbonyl (C=O) groups excluding carboxylic acids is 1. The molecule has 2 N–H and O–H groups in total. The number of nitrogens with zero attached hydrogens (tertiary/aromatic N) is 4. The summed E-state index contributed by atoms with van der Waals surface area (Å²) in [5, 5.41) is 11.4. The zero-order chi connectivity index (χ0) is 17.1. The molecular weight excluding hydrogens is 310 g/mol. The molecule has 0 aliphatic carbocycles. The maximum atomic E-state index is 12.6. The molecule has 2 heterocycles. The molecule has 24 heavy (non-hydrogen) atoms. The Balaban J connectivity index is 1.85. The highest BCUT2D eigenvalue weighted by Gasteiger charge is 2.25. The molecule has 126 valence electrons. The third-order valence-corrected chi connectivity index (χ3v) is 4.44. The van der Waals surface area contributed by atoms with Crippen LogP contribution in [0.5, 0.6) is 0 Å². The number of nitro groups is 1. The molecule has 8 heteroatoms. The molecule has 1 amide bonds. The summed E-state index contributed by atoms with van der Waals surface area (Å²) < 4.78 is 1.55. The molecule has 1 saturated heterocycles. The summed E-state index contributed by atoms with van der Waals surface area (Å²) in [6.07, 6.45) is 6.40. The predicted molar refractivity (Wildman–Crippen MR) is 87.9 cm³/mol. The van der Waals surface area contributed by atoms with Crippen molar-refractivity contribution >= 4 is 11.6 Å². The molecule has 1 aromatic heterocycles. The van der Waals surface area contributed by atoms with Crippen LogP contribution in [0.3, 0.4) is 0 Å². The first-order valence-corrected chi connectivity index (χ1v) is 7.86.